The Morgan fingerprint density at radius 1 is 0.886 bits per heavy atom. The molecule has 0 spiro atoms. The molecule has 0 atom stereocenters. The molecule has 0 radical (unpaired) electrons. The van der Waals surface area contributed by atoms with Crippen molar-refractivity contribution in [2.75, 3.05) is 40.5 Å². The lowest BCUT2D eigenvalue weighted by Crippen LogP contribution is -2.35. The first kappa shape index (κ1) is 24.6. The standard InChI is InChI=1S/C28H32N2O5/c1-32-25-16-24(17-26(33-2)27(25)35-20-23-6-4-3-5-7-23)28(31)29-18-21-8-10-22(11-9-21)19-30-12-14-34-15-13-30/h3-11,16-17H,12-15,18-20H2,1-2H3,(H,29,31). The number of nitrogens with zero attached hydrogens (tertiary/aromatic N) is 1. The van der Waals surface area contributed by atoms with Crippen LogP contribution in [-0.2, 0) is 24.4 Å². The van der Waals surface area contributed by atoms with Gasteiger partial charge in [-0.05, 0) is 28.8 Å². The van der Waals surface area contributed by atoms with Gasteiger partial charge in [0.15, 0.2) is 11.5 Å². The molecule has 7 heteroatoms. The number of rotatable bonds is 10. The van der Waals surface area contributed by atoms with Gasteiger partial charge in [-0.15, -0.1) is 0 Å². The van der Waals surface area contributed by atoms with Gasteiger partial charge < -0.3 is 24.3 Å². The summed E-state index contributed by atoms with van der Waals surface area (Å²) in [6.07, 6.45) is 0. The first-order valence-corrected chi connectivity index (χ1v) is 11.7. The maximum atomic E-state index is 12.9. The molecule has 1 aliphatic rings. The number of hydrogen-bond acceptors (Lipinski definition) is 6. The average Bonchev–Trinajstić information content (AvgIpc) is 2.92. The summed E-state index contributed by atoms with van der Waals surface area (Å²) >= 11 is 0. The quantitative estimate of drug-likeness (QED) is 0.476. The highest BCUT2D eigenvalue weighted by Crippen LogP contribution is 2.39. The van der Waals surface area contributed by atoms with Gasteiger partial charge in [-0.25, -0.2) is 0 Å². The van der Waals surface area contributed by atoms with E-state index in [9.17, 15) is 4.79 Å². The number of carbonyl (C=O) groups is 1. The van der Waals surface area contributed by atoms with Gasteiger partial charge in [0.2, 0.25) is 5.75 Å². The zero-order valence-electron chi connectivity index (χ0n) is 20.3. The van der Waals surface area contributed by atoms with Gasteiger partial charge in [-0.2, -0.15) is 0 Å². The molecule has 7 nitrogen and oxygen atoms in total. The van der Waals surface area contributed by atoms with Gasteiger partial charge in [0.25, 0.3) is 5.91 Å². The van der Waals surface area contributed by atoms with Gasteiger partial charge >= 0.3 is 0 Å². The molecule has 1 heterocycles. The van der Waals surface area contributed by atoms with Crippen LogP contribution in [0.4, 0.5) is 0 Å². The number of amides is 1. The van der Waals surface area contributed by atoms with Gasteiger partial charge in [0.1, 0.15) is 6.61 Å². The third-order valence-electron chi connectivity index (χ3n) is 5.93. The second-order valence-corrected chi connectivity index (χ2v) is 8.37. The van der Waals surface area contributed by atoms with E-state index >= 15 is 0 Å². The largest absolute Gasteiger partial charge is 0.493 e. The Kier molecular flexibility index (Phi) is 8.59. The fraction of sp³-hybridized carbons (Fsp3) is 0.321. The van der Waals surface area contributed by atoms with E-state index in [0.29, 0.717) is 36.0 Å². The van der Waals surface area contributed by atoms with Crippen LogP contribution in [0.25, 0.3) is 0 Å². The van der Waals surface area contributed by atoms with Crippen LogP contribution in [0.5, 0.6) is 17.2 Å². The minimum Gasteiger partial charge on any atom is -0.493 e. The zero-order chi connectivity index (χ0) is 24.5. The van der Waals surface area contributed by atoms with Crippen LogP contribution in [0.15, 0.2) is 66.7 Å². The Labute approximate surface area is 206 Å². The van der Waals surface area contributed by atoms with Crippen molar-refractivity contribution in [1.29, 1.82) is 0 Å². The van der Waals surface area contributed by atoms with Crippen molar-refractivity contribution >= 4 is 5.91 Å². The fourth-order valence-corrected chi connectivity index (χ4v) is 3.95. The normalized spacial score (nSPS) is 13.8. The first-order chi connectivity index (χ1) is 17.2. The molecule has 1 aliphatic heterocycles. The number of morpholine rings is 1. The summed E-state index contributed by atoms with van der Waals surface area (Å²) in [5, 5.41) is 2.98. The summed E-state index contributed by atoms with van der Waals surface area (Å²) < 4.78 is 22.4. The van der Waals surface area contributed by atoms with E-state index in [0.717, 1.165) is 44.0 Å². The van der Waals surface area contributed by atoms with E-state index < -0.39 is 0 Å². The van der Waals surface area contributed by atoms with Gasteiger partial charge in [-0.1, -0.05) is 54.6 Å². The molecule has 1 saturated heterocycles. The maximum Gasteiger partial charge on any atom is 0.251 e. The number of nitrogens with one attached hydrogen (secondary N) is 1. The predicted octanol–water partition coefficient (Wildman–Crippen LogP) is 4.05. The topological polar surface area (TPSA) is 69.3 Å². The van der Waals surface area contributed by atoms with Crippen LogP contribution >= 0.6 is 0 Å². The molecule has 1 amide bonds. The minimum atomic E-state index is -0.214. The molecule has 35 heavy (non-hydrogen) atoms. The molecule has 0 aromatic heterocycles. The van der Waals surface area contributed by atoms with Crippen LogP contribution < -0.4 is 19.5 Å². The van der Waals surface area contributed by atoms with Gasteiger partial charge in [0, 0.05) is 31.7 Å². The van der Waals surface area contributed by atoms with Crippen molar-refractivity contribution in [1.82, 2.24) is 10.2 Å². The second-order valence-electron chi connectivity index (χ2n) is 8.37. The molecule has 0 aliphatic carbocycles. The Balaban J connectivity index is 1.37. The van der Waals surface area contributed by atoms with E-state index in [2.05, 4.69) is 34.5 Å². The number of hydrogen-bond donors (Lipinski definition) is 1. The predicted molar refractivity (Wildman–Crippen MR) is 134 cm³/mol. The molecule has 0 saturated carbocycles. The Hall–Kier alpha value is -3.55. The molecule has 4 rings (SSSR count). The monoisotopic (exact) mass is 476 g/mol. The van der Waals surface area contributed by atoms with Crippen molar-refractivity contribution in [3.05, 3.63) is 89.0 Å². The summed E-state index contributed by atoms with van der Waals surface area (Å²) in [7, 11) is 3.09. The summed E-state index contributed by atoms with van der Waals surface area (Å²) in [6.45, 7) is 5.20. The number of methoxy groups -OCH3 is 2. The molecule has 3 aromatic rings. The number of benzene rings is 3. The van der Waals surface area contributed by atoms with E-state index in [1.165, 1.54) is 5.56 Å². The van der Waals surface area contributed by atoms with Crippen molar-refractivity contribution in [3.63, 3.8) is 0 Å². The Morgan fingerprint density at radius 3 is 2.14 bits per heavy atom. The van der Waals surface area contributed by atoms with E-state index in [-0.39, 0.29) is 5.91 Å². The first-order valence-electron chi connectivity index (χ1n) is 11.7. The van der Waals surface area contributed by atoms with Gasteiger partial charge in [0.05, 0.1) is 27.4 Å². The molecule has 0 bridgehead atoms. The van der Waals surface area contributed by atoms with Crippen LogP contribution in [0.1, 0.15) is 27.0 Å². The molecule has 1 fully saturated rings. The Bertz CT molecular complexity index is 1070. The highest BCUT2D eigenvalue weighted by atomic mass is 16.5. The smallest absolute Gasteiger partial charge is 0.251 e. The average molecular weight is 477 g/mol. The van der Waals surface area contributed by atoms with Crippen LogP contribution in [-0.4, -0.2) is 51.3 Å². The van der Waals surface area contributed by atoms with Crippen LogP contribution in [0.2, 0.25) is 0 Å². The lowest BCUT2D eigenvalue weighted by molar-refractivity contribution is 0.0342. The van der Waals surface area contributed by atoms with E-state index in [1.54, 1.807) is 26.4 Å². The van der Waals surface area contributed by atoms with Gasteiger partial charge in [-0.3, -0.25) is 9.69 Å². The molecule has 1 N–H and O–H groups in total. The van der Waals surface area contributed by atoms with E-state index in [4.69, 9.17) is 18.9 Å². The maximum absolute atomic E-state index is 12.9. The fourth-order valence-electron chi connectivity index (χ4n) is 3.95. The number of ether oxygens (including phenoxy) is 4. The van der Waals surface area contributed by atoms with E-state index in [1.807, 2.05) is 30.3 Å². The third kappa shape index (κ3) is 6.74. The minimum absolute atomic E-state index is 0.214. The van der Waals surface area contributed by atoms with Crippen molar-refractivity contribution in [3.8, 4) is 17.2 Å². The highest BCUT2D eigenvalue weighted by Gasteiger charge is 2.18. The second kappa shape index (κ2) is 12.2. The SMILES string of the molecule is COc1cc(C(=O)NCc2ccc(CN3CCOCC3)cc2)cc(OC)c1OCc1ccccc1. The molecular weight excluding hydrogens is 444 g/mol. The highest BCUT2D eigenvalue weighted by molar-refractivity contribution is 5.95. The summed E-state index contributed by atoms with van der Waals surface area (Å²) in [5.74, 6) is 1.13. The third-order valence-corrected chi connectivity index (χ3v) is 5.93. The summed E-state index contributed by atoms with van der Waals surface area (Å²) in [5.41, 5.74) is 3.75. The molecule has 3 aromatic carbocycles. The van der Waals surface area contributed by atoms with Crippen molar-refractivity contribution in [2.24, 2.45) is 0 Å². The van der Waals surface area contributed by atoms with Crippen molar-refractivity contribution in [2.45, 2.75) is 19.7 Å². The molecule has 0 unspecified atom stereocenters. The summed E-state index contributed by atoms with van der Waals surface area (Å²) in [6, 6.07) is 21.5. The lowest BCUT2D eigenvalue weighted by Gasteiger charge is -2.26. The molecular formula is C28H32N2O5. The van der Waals surface area contributed by atoms with Crippen molar-refractivity contribution < 1.29 is 23.7 Å². The van der Waals surface area contributed by atoms with Crippen LogP contribution in [0, 0.1) is 0 Å². The lowest BCUT2D eigenvalue weighted by atomic mass is 10.1. The summed E-state index contributed by atoms with van der Waals surface area (Å²) in [4.78, 5) is 15.3. The van der Waals surface area contributed by atoms with Crippen LogP contribution in [0.3, 0.4) is 0 Å². The molecule has 184 valence electrons. The zero-order valence-corrected chi connectivity index (χ0v) is 20.3. The number of carbonyl (C=O) groups excluding carboxylic acids is 1. The Morgan fingerprint density at radius 2 is 1.51 bits per heavy atom.